The van der Waals surface area contributed by atoms with Crippen molar-refractivity contribution in [1.29, 1.82) is 0 Å². The van der Waals surface area contributed by atoms with Gasteiger partial charge in [-0.2, -0.15) is 0 Å². The van der Waals surface area contributed by atoms with Crippen LogP contribution in [0.25, 0.3) is 0 Å². The summed E-state index contributed by atoms with van der Waals surface area (Å²) in [4.78, 5) is 4.29. The monoisotopic (exact) mass is 205 g/mol. The van der Waals surface area contributed by atoms with Crippen molar-refractivity contribution in [3.05, 3.63) is 30.1 Å². The largest absolute Gasteiger partial charge is 0.396 e. The molecule has 0 spiro atoms. The zero-order valence-corrected chi connectivity index (χ0v) is 9.83. The molecule has 3 N–H and O–H groups in total. The molecule has 0 fully saturated rings. The molecule has 3 heteroatoms. The second-order valence-corrected chi connectivity index (χ2v) is 4.56. The van der Waals surface area contributed by atoms with Gasteiger partial charge in [0.2, 0.25) is 0 Å². The number of allylic oxidation sites excluding steroid dienone is 1. The average Bonchev–Trinajstić information content (AvgIpc) is 2.14. The standard InChI is InChI=1S/C12H19N3/c1-5-6-14-11-10(13)7-9(8-15-11)12(2,3)4/h5-8H,13H2,1-4H3,(H,14,15)/b6-5-. The molecule has 0 unspecified atom stereocenters. The number of pyridine rings is 1. The van der Waals surface area contributed by atoms with Crippen LogP contribution in [0.1, 0.15) is 33.3 Å². The molecule has 82 valence electrons. The Hall–Kier alpha value is -1.51. The summed E-state index contributed by atoms with van der Waals surface area (Å²) in [6.45, 7) is 8.36. The van der Waals surface area contributed by atoms with E-state index in [1.54, 1.807) is 0 Å². The van der Waals surface area contributed by atoms with E-state index in [1.807, 2.05) is 31.5 Å². The fraction of sp³-hybridized carbons (Fsp3) is 0.417. The van der Waals surface area contributed by atoms with Crippen molar-refractivity contribution in [2.24, 2.45) is 0 Å². The van der Waals surface area contributed by atoms with Crippen molar-refractivity contribution >= 4 is 11.5 Å². The minimum absolute atomic E-state index is 0.0836. The molecule has 0 aliphatic rings. The van der Waals surface area contributed by atoms with Gasteiger partial charge in [-0.1, -0.05) is 26.8 Å². The first-order valence-electron chi connectivity index (χ1n) is 5.09. The molecule has 1 rings (SSSR count). The zero-order chi connectivity index (χ0) is 11.5. The summed E-state index contributed by atoms with van der Waals surface area (Å²) in [5, 5.41) is 3.02. The molecule has 15 heavy (non-hydrogen) atoms. The molecule has 1 heterocycles. The summed E-state index contributed by atoms with van der Waals surface area (Å²) in [5.74, 6) is 0.709. The molecule has 0 atom stereocenters. The highest BCUT2D eigenvalue weighted by atomic mass is 15.0. The Bertz CT molecular complexity index is 362. The topological polar surface area (TPSA) is 50.9 Å². The normalized spacial score (nSPS) is 12.0. The van der Waals surface area contributed by atoms with Gasteiger partial charge in [-0.05, 0) is 30.2 Å². The second kappa shape index (κ2) is 4.34. The molecule has 1 aromatic rings. The number of nitrogens with one attached hydrogen (secondary N) is 1. The molecule has 0 saturated carbocycles. The van der Waals surface area contributed by atoms with Gasteiger partial charge >= 0.3 is 0 Å². The molecule has 0 amide bonds. The van der Waals surface area contributed by atoms with Crippen molar-refractivity contribution in [1.82, 2.24) is 4.98 Å². The molecule has 0 radical (unpaired) electrons. The highest BCUT2D eigenvalue weighted by molar-refractivity contribution is 5.63. The minimum atomic E-state index is 0.0836. The Balaban J connectivity index is 2.98. The van der Waals surface area contributed by atoms with Gasteiger partial charge in [0, 0.05) is 6.20 Å². The molecule has 0 aliphatic carbocycles. The highest BCUT2D eigenvalue weighted by Gasteiger charge is 2.15. The SMILES string of the molecule is C/C=C\Nc1ncc(C(C)(C)C)cc1N. The van der Waals surface area contributed by atoms with E-state index < -0.39 is 0 Å². The quantitative estimate of drug-likeness (QED) is 0.780. The van der Waals surface area contributed by atoms with Crippen molar-refractivity contribution in [2.45, 2.75) is 33.1 Å². The van der Waals surface area contributed by atoms with E-state index in [0.29, 0.717) is 11.5 Å². The van der Waals surface area contributed by atoms with Crippen LogP contribution in [0, 0.1) is 0 Å². The van der Waals surface area contributed by atoms with Gasteiger partial charge in [0.25, 0.3) is 0 Å². The molecular weight excluding hydrogens is 186 g/mol. The maximum Gasteiger partial charge on any atom is 0.153 e. The Labute approximate surface area is 91.4 Å². The van der Waals surface area contributed by atoms with E-state index >= 15 is 0 Å². The van der Waals surface area contributed by atoms with Gasteiger partial charge < -0.3 is 11.1 Å². The van der Waals surface area contributed by atoms with Crippen LogP contribution in [0.15, 0.2) is 24.5 Å². The van der Waals surface area contributed by atoms with Crippen LogP contribution in [0.2, 0.25) is 0 Å². The number of nitrogen functional groups attached to an aromatic ring is 1. The van der Waals surface area contributed by atoms with Crippen molar-refractivity contribution in [3.8, 4) is 0 Å². The molecule has 1 aromatic heterocycles. The number of nitrogens with two attached hydrogens (primary N) is 1. The number of rotatable bonds is 2. The van der Waals surface area contributed by atoms with Crippen LogP contribution in [-0.4, -0.2) is 4.98 Å². The summed E-state index contributed by atoms with van der Waals surface area (Å²) in [6, 6.07) is 1.97. The van der Waals surface area contributed by atoms with Crippen LogP contribution in [0.4, 0.5) is 11.5 Å². The predicted molar refractivity (Wildman–Crippen MR) is 65.8 cm³/mol. The van der Waals surface area contributed by atoms with E-state index in [9.17, 15) is 0 Å². The number of hydrogen-bond donors (Lipinski definition) is 2. The molecule has 3 nitrogen and oxygen atoms in total. The van der Waals surface area contributed by atoms with Crippen LogP contribution < -0.4 is 11.1 Å². The predicted octanol–water partition coefficient (Wildman–Crippen LogP) is 2.91. The number of aromatic nitrogens is 1. The highest BCUT2D eigenvalue weighted by Crippen LogP contribution is 2.26. The lowest BCUT2D eigenvalue weighted by atomic mass is 9.88. The van der Waals surface area contributed by atoms with Crippen molar-refractivity contribution < 1.29 is 0 Å². The fourth-order valence-corrected chi connectivity index (χ4v) is 1.17. The first kappa shape index (κ1) is 11.6. The Morgan fingerprint density at radius 3 is 2.53 bits per heavy atom. The molecule has 0 saturated heterocycles. The Morgan fingerprint density at radius 1 is 1.40 bits per heavy atom. The lowest BCUT2D eigenvalue weighted by molar-refractivity contribution is 0.588. The lowest BCUT2D eigenvalue weighted by Gasteiger charge is -2.19. The van der Waals surface area contributed by atoms with Crippen LogP contribution in [0.3, 0.4) is 0 Å². The van der Waals surface area contributed by atoms with Crippen LogP contribution >= 0.6 is 0 Å². The van der Waals surface area contributed by atoms with E-state index in [2.05, 4.69) is 31.1 Å². The van der Waals surface area contributed by atoms with Gasteiger partial charge in [0.15, 0.2) is 5.82 Å². The summed E-state index contributed by atoms with van der Waals surface area (Å²) >= 11 is 0. The maximum absolute atomic E-state index is 5.90. The molecule has 0 aromatic carbocycles. The summed E-state index contributed by atoms with van der Waals surface area (Å²) in [5.41, 5.74) is 7.81. The molecule has 0 aliphatic heterocycles. The molecular formula is C12H19N3. The number of hydrogen-bond acceptors (Lipinski definition) is 3. The third-order valence-corrected chi connectivity index (χ3v) is 2.17. The van der Waals surface area contributed by atoms with Crippen molar-refractivity contribution in [3.63, 3.8) is 0 Å². The number of nitrogens with zero attached hydrogens (tertiary/aromatic N) is 1. The Morgan fingerprint density at radius 2 is 2.07 bits per heavy atom. The van der Waals surface area contributed by atoms with Crippen LogP contribution in [-0.2, 0) is 5.41 Å². The third kappa shape index (κ3) is 2.98. The second-order valence-electron chi connectivity index (χ2n) is 4.56. The molecule has 0 bridgehead atoms. The zero-order valence-electron chi connectivity index (χ0n) is 9.83. The van der Waals surface area contributed by atoms with E-state index in [1.165, 1.54) is 0 Å². The van der Waals surface area contributed by atoms with Gasteiger partial charge in [-0.15, -0.1) is 0 Å². The summed E-state index contributed by atoms with van der Waals surface area (Å²) in [6.07, 6.45) is 5.58. The Kier molecular flexibility index (Phi) is 3.35. The number of anilines is 2. The van der Waals surface area contributed by atoms with Gasteiger partial charge in [0.1, 0.15) is 0 Å². The van der Waals surface area contributed by atoms with E-state index in [-0.39, 0.29) is 5.41 Å². The lowest BCUT2D eigenvalue weighted by Crippen LogP contribution is -2.12. The van der Waals surface area contributed by atoms with E-state index in [4.69, 9.17) is 5.73 Å². The van der Waals surface area contributed by atoms with Crippen molar-refractivity contribution in [2.75, 3.05) is 11.1 Å². The van der Waals surface area contributed by atoms with E-state index in [0.717, 1.165) is 5.56 Å². The van der Waals surface area contributed by atoms with Gasteiger partial charge in [0.05, 0.1) is 5.69 Å². The summed E-state index contributed by atoms with van der Waals surface area (Å²) < 4.78 is 0. The first-order chi connectivity index (χ1) is 6.95. The summed E-state index contributed by atoms with van der Waals surface area (Å²) in [7, 11) is 0. The fourth-order valence-electron chi connectivity index (χ4n) is 1.17. The smallest absolute Gasteiger partial charge is 0.153 e. The maximum atomic E-state index is 5.90. The minimum Gasteiger partial charge on any atom is -0.396 e. The van der Waals surface area contributed by atoms with Gasteiger partial charge in [-0.25, -0.2) is 4.98 Å². The first-order valence-corrected chi connectivity index (χ1v) is 5.09. The van der Waals surface area contributed by atoms with Crippen LogP contribution in [0.5, 0.6) is 0 Å². The third-order valence-electron chi connectivity index (χ3n) is 2.17. The average molecular weight is 205 g/mol. The van der Waals surface area contributed by atoms with Gasteiger partial charge in [-0.3, -0.25) is 0 Å².